The maximum Gasteiger partial charge on any atom is 0.573 e. The second-order valence-electron chi connectivity index (χ2n) is 7.87. The minimum Gasteiger partial charge on any atom is -0.481 e. The highest BCUT2D eigenvalue weighted by Crippen LogP contribution is 2.37. The quantitative estimate of drug-likeness (QED) is 0.434. The molecule has 2 aromatic carbocycles. The first-order valence-electron chi connectivity index (χ1n) is 10.2. The molecule has 0 bridgehead atoms. The number of alkyl halides is 3. The van der Waals surface area contributed by atoms with Crippen molar-refractivity contribution in [1.29, 1.82) is 5.26 Å². The number of carboxylic acids is 1. The Morgan fingerprint density at radius 1 is 1.24 bits per heavy atom. The molecule has 1 aliphatic rings. The SMILES string of the molecule is N#Cc1cc(-c2nc(-c3ccc4c(c3)cc3n4CC[C@H]3CC(=O)O)no2)ccc1OC(F)(F)F. The van der Waals surface area contributed by atoms with E-state index in [1.54, 1.807) is 6.07 Å². The van der Waals surface area contributed by atoms with Crippen molar-refractivity contribution in [2.24, 2.45) is 0 Å². The van der Waals surface area contributed by atoms with Gasteiger partial charge in [-0.15, -0.1) is 13.2 Å². The van der Waals surface area contributed by atoms with Crippen LogP contribution in [0.3, 0.4) is 0 Å². The normalized spacial score (nSPS) is 15.3. The average Bonchev–Trinajstić information content (AvgIpc) is 3.49. The molecule has 0 radical (unpaired) electrons. The van der Waals surface area contributed by atoms with Gasteiger partial charge in [-0.05, 0) is 48.9 Å². The van der Waals surface area contributed by atoms with Gasteiger partial charge in [0.1, 0.15) is 11.8 Å². The number of aliphatic carboxylic acids is 1. The van der Waals surface area contributed by atoms with Crippen LogP contribution in [0.5, 0.6) is 5.75 Å². The van der Waals surface area contributed by atoms with E-state index >= 15 is 0 Å². The van der Waals surface area contributed by atoms with Crippen molar-refractivity contribution in [1.82, 2.24) is 14.7 Å². The van der Waals surface area contributed by atoms with Gasteiger partial charge in [0.05, 0.1) is 12.0 Å². The van der Waals surface area contributed by atoms with Crippen molar-refractivity contribution in [2.75, 3.05) is 0 Å². The van der Waals surface area contributed by atoms with Crippen LogP contribution in [0.1, 0.15) is 30.0 Å². The van der Waals surface area contributed by atoms with E-state index in [4.69, 9.17) is 9.63 Å². The first-order chi connectivity index (χ1) is 16.2. The summed E-state index contributed by atoms with van der Waals surface area (Å²) in [7, 11) is 0. The van der Waals surface area contributed by atoms with E-state index in [-0.39, 0.29) is 35.2 Å². The summed E-state index contributed by atoms with van der Waals surface area (Å²) in [6.45, 7) is 0.748. The molecule has 0 saturated heterocycles. The molecule has 2 aromatic heterocycles. The van der Waals surface area contributed by atoms with Crippen LogP contribution in [0.4, 0.5) is 13.2 Å². The fraction of sp³-hybridized carbons (Fsp3) is 0.217. The van der Waals surface area contributed by atoms with Crippen LogP contribution in [0.15, 0.2) is 47.0 Å². The number of hydrogen-bond donors (Lipinski definition) is 1. The fourth-order valence-corrected chi connectivity index (χ4v) is 4.29. The third-order valence-electron chi connectivity index (χ3n) is 5.73. The summed E-state index contributed by atoms with van der Waals surface area (Å²) in [5.74, 6) is -1.19. The Bertz CT molecular complexity index is 1470. The summed E-state index contributed by atoms with van der Waals surface area (Å²) in [5.41, 5.74) is 2.56. The lowest BCUT2D eigenvalue weighted by molar-refractivity contribution is -0.274. The standard InChI is InChI=1S/C23H15F3N4O4/c24-23(25,26)33-19-4-2-14(8-16(19)11-27)22-28-21(29-34-22)13-1-3-17-15(7-13)9-18-12(10-20(31)32)5-6-30(17)18/h1-4,7-9,12H,5-6,10H2,(H,31,32)/t12-/m0/s1. The van der Waals surface area contributed by atoms with Crippen molar-refractivity contribution in [2.45, 2.75) is 31.7 Å². The van der Waals surface area contributed by atoms with Crippen LogP contribution in [0, 0.1) is 11.3 Å². The molecule has 0 aliphatic carbocycles. The number of nitrogens with zero attached hydrogens (tertiary/aromatic N) is 4. The van der Waals surface area contributed by atoms with E-state index in [9.17, 15) is 23.2 Å². The predicted molar refractivity (Wildman–Crippen MR) is 112 cm³/mol. The van der Waals surface area contributed by atoms with Crippen LogP contribution in [0.2, 0.25) is 0 Å². The molecule has 11 heteroatoms. The number of halogens is 3. The van der Waals surface area contributed by atoms with Gasteiger partial charge in [-0.3, -0.25) is 4.79 Å². The van der Waals surface area contributed by atoms with Gasteiger partial charge in [0.25, 0.3) is 5.89 Å². The molecular formula is C23H15F3N4O4. The molecule has 1 aliphatic heterocycles. The van der Waals surface area contributed by atoms with Crippen molar-refractivity contribution in [3.8, 4) is 34.7 Å². The Kier molecular flexibility index (Phi) is 5.01. The van der Waals surface area contributed by atoms with Gasteiger partial charge in [-0.2, -0.15) is 10.2 Å². The lowest BCUT2D eigenvalue weighted by atomic mass is 10.0. The largest absolute Gasteiger partial charge is 0.573 e. The lowest BCUT2D eigenvalue weighted by Gasteiger charge is -2.10. The molecule has 34 heavy (non-hydrogen) atoms. The molecule has 8 nitrogen and oxygen atoms in total. The van der Waals surface area contributed by atoms with E-state index in [0.717, 1.165) is 35.6 Å². The number of ether oxygens (including phenoxy) is 1. The monoisotopic (exact) mass is 468 g/mol. The number of carboxylic acid groups (broad SMARTS) is 1. The van der Waals surface area contributed by atoms with Crippen molar-refractivity contribution < 1.29 is 32.3 Å². The number of benzene rings is 2. The van der Waals surface area contributed by atoms with Crippen LogP contribution >= 0.6 is 0 Å². The molecule has 0 saturated carbocycles. The molecule has 0 fully saturated rings. The fourth-order valence-electron chi connectivity index (χ4n) is 4.29. The highest BCUT2D eigenvalue weighted by Gasteiger charge is 2.32. The van der Waals surface area contributed by atoms with Gasteiger partial charge in [0.15, 0.2) is 0 Å². The number of aryl methyl sites for hydroxylation is 1. The Hall–Kier alpha value is -4.33. The number of fused-ring (bicyclic) bond motifs is 3. The zero-order valence-electron chi connectivity index (χ0n) is 17.3. The van der Waals surface area contributed by atoms with Gasteiger partial charge in [-0.25, -0.2) is 0 Å². The lowest BCUT2D eigenvalue weighted by Crippen LogP contribution is -2.17. The van der Waals surface area contributed by atoms with Crippen LogP contribution < -0.4 is 4.74 Å². The zero-order chi connectivity index (χ0) is 24.0. The van der Waals surface area contributed by atoms with E-state index in [2.05, 4.69) is 19.4 Å². The number of nitriles is 1. The molecule has 4 aromatic rings. The average molecular weight is 468 g/mol. The van der Waals surface area contributed by atoms with Gasteiger partial charge in [-0.1, -0.05) is 5.16 Å². The number of carbonyl (C=O) groups is 1. The van der Waals surface area contributed by atoms with Gasteiger partial charge < -0.3 is 18.9 Å². The molecule has 0 amide bonds. The number of rotatable bonds is 5. The second-order valence-corrected chi connectivity index (χ2v) is 7.87. The minimum absolute atomic E-state index is 0.0334. The Labute approximate surface area is 189 Å². The summed E-state index contributed by atoms with van der Waals surface area (Å²) < 4.78 is 48.8. The van der Waals surface area contributed by atoms with Crippen LogP contribution in [-0.2, 0) is 11.3 Å². The summed E-state index contributed by atoms with van der Waals surface area (Å²) in [4.78, 5) is 15.5. The summed E-state index contributed by atoms with van der Waals surface area (Å²) >= 11 is 0. The molecule has 5 rings (SSSR count). The van der Waals surface area contributed by atoms with Crippen molar-refractivity contribution >= 4 is 16.9 Å². The Morgan fingerprint density at radius 2 is 2.03 bits per heavy atom. The Balaban J connectivity index is 1.44. The smallest absolute Gasteiger partial charge is 0.481 e. The maximum absolute atomic E-state index is 12.5. The van der Waals surface area contributed by atoms with Crippen LogP contribution in [0.25, 0.3) is 33.7 Å². The number of hydrogen-bond acceptors (Lipinski definition) is 6. The summed E-state index contributed by atoms with van der Waals surface area (Å²) in [6.07, 6.45) is -4.06. The molecule has 0 unspecified atom stereocenters. The third kappa shape index (κ3) is 3.94. The predicted octanol–water partition coefficient (Wildman–Crippen LogP) is 5.09. The Morgan fingerprint density at radius 3 is 2.76 bits per heavy atom. The van der Waals surface area contributed by atoms with Gasteiger partial charge in [0, 0.05) is 40.2 Å². The first kappa shape index (κ1) is 21.5. The second kappa shape index (κ2) is 7.91. The molecule has 172 valence electrons. The van der Waals surface area contributed by atoms with Crippen molar-refractivity contribution in [3.05, 3.63) is 53.7 Å². The van der Waals surface area contributed by atoms with Crippen molar-refractivity contribution in [3.63, 3.8) is 0 Å². The van der Waals surface area contributed by atoms with E-state index < -0.39 is 18.1 Å². The van der Waals surface area contributed by atoms with E-state index in [0.29, 0.717) is 5.56 Å². The van der Waals surface area contributed by atoms with Gasteiger partial charge >= 0.3 is 12.3 Å². The topological polar surface area (TPSA) is 114 Å². The highest BCUT2D eigenvalue weighted by atomic mass is 19.4. The molecular weight excluding hydrogens is 453 g/mol. The molecule has 1 atom stereocenters. The van der Waals surface area contributed by atoms with E-state index in [1.165, 1.54) is 12.1 Å². The third-order valence-corrected chi connectivity index (χ3v) is 5.73. The summed E-state index contributed by atoms with van der Waals surface area (Å²) in [6, 6.07) is 12.7. The zero-order valence-corrected chi connectivity index (χ0v) is 17.3. The molecule has 3 heterocycles. The van der Waals surface area contributed by atoms with E-state index in [1.807, 2.05) is 24.3 Å². The highest BCUT2D eigenvalue weighted by molar-refractivity contribution is 5.86. The van der Waals surface area contributed by atoms with Crippen LogP contribution in [-0.4, -0.2) is 32.1 Å². The number of aromatic nitrogens is 3. The molecule has 0 spiro atoms. The molecule has 1 N–H and O–H groups in total. The van der Waals surface area contributed by atoms with Gasteiger partial charge in [0.2, 0.25) is 5.82 Å². The maximum atomic E-state index is 12.5. The minimum atomic E-state index is -4.92. The first-order valence-corrected chi connectivity index (χ1v) is 10.2. The summed E-state index contributed by atoms with van der Waals surface area (Å²) in [5, 5.41) is 23.2.